The van der Waals surface area contributed by atoms with Crippen molar-refractivity contribution in [2.24, 2.45) is 0 Å². The quantitative estimate of drug-likeness (QED) is 0.746. The molecule has 3 aliphatic heterocycles. The monoisotopic (exact) mass is 431 g/mol. The molecule has 2 aromatic rings. The molecular weight excluding hydrogens is 402 g/mol. The Hall–Kier alpha value is -1.81. The minimum atomic E-state index is -0.102. The zero-order valence-corrected chi connectivity index (χ0v) is 18.2. The number of carbonyl (C=O) groups is 1. The maximum Gasteiger partial charge on any atom is 0.242 e. The van der Waals surface area contributed by atoms with Crippen LogP contribution in [0, 0.1) is 0 Å². The van der Waals surface area contributed by atoms with Gasteiger partial charge in [-0.05, 0) is 30.9 Å². The van der Waals surface area contributed by atoms with Crippen molar-refractivity contribution in [1.29, 1.82) is 0 Å². The summed E-state index contributed by atoms with van der Waals surface area (Å²) in [5.74, 6) is -0.0490. The predicted octanol–water partition coefficient (Wildman–Crippen LogP) is 1.48. The molecule has 1 N–H and O–H groups in total. The molecule has 30 heavy (non-hydrogen) atoms. The lowest BCUT2D eigenvalue weighted by Gasteiger charge is -2.44. The van der Waals surface area contributed by atoms with Gasteiger partial charge in [-0.3, -0.25) is 9.69 Å². The molecule has 0 unspecified atom stereocenters. The van der Waals surface area contributed by atoms with E-state index >= 15 is 0 Å². The second kappa shape index (κ2) is 8.37. The smallest absolute Gasteiger partial charge is 0.242 e. The normalized spacial score (nSPS) is 21.4. The van der Waals surface area contributed by atoms with E-state index in [0.29, 0.717) is 13.2 Å². The SMILES string of the molecule is CCc1cc2c(s1)CCOC21CCN(Cc2cn(CC(=O)NC3COC3)nn2)CC1. The van der Waals surface area contributed by atoms with Crippen LogP contribution >= 0.6 is 11.3 Å². The predicted molar refractivity (Wildman–Crippen MR) is 112 cm³/mol. The number of piperidine rings is 1. The topological polar surface area (TPSA) is 81.5 Å². The van der Waals surface area contributed by atoms with Crippen molar-refractivity contribution in [2.45, 2.75) is 57.3 Å². The van der Waals surface area contributed by atoms with Gasteiger partial charge in [-0.15, -0.1) is 16.4 Å². The van der Waals surface area contributed by atoms with E-state index in [-0.39, 0.29) is 24.1 Å². The molecule has 2 fully saturated rings. The fourth-order valence-electron chi connectivity index (χ4n) is 4.59. The molecule has 3 aliphatic rings. The fourth-order valence-corrected chi connectivity index (χ4v) is 5.77. The number of aryl methyl sites for hydroxylation is 1. The molecule has 8 nitrogen and oxygen atoms in total. The van der Waals surface area contributed by atoms with Gasteiger partial charge in [0, 0.05) is 35.8 Å². The third kappa shape index (κ3) is 4.03. The maximum absolute atomic E-state index is 12.0. The van der Waals surface area contributed by atoms with Crippen LogP contribution < -0.4 is 5.32 Å². The Morgan fingerprint density at radius 1 is 1.37 bits per heavy atom. The molecule has 1 amide bonds. The van der Waals surface area contributed by atoms with E-state index in [1.54, 1.807) is 4.68 Å². The van der Waals surface area contributed by atoms with Crippen LogP contribution in [0.3, 0.4) is 0 Å². The Labute approximate surface area is 180 Å². The van der Waals surface area contributed by atoms with Crippen LogP contribution in [0.5, 0.6) is 0 Å². The van der Waals surface area contributed by atoms with Crippen LogP contribution in [-0.4, -0.2) is 64.8 Å². The number of rotatable bonds is 6. The van der Waals surface area contributed by atoms with Crippen LogP contribution in [0.1, 0.15) is 40.8 Å². The molecule has 0 aliphatic carbocycles. The van der Waals surface area contributed by atoms with Crippen molar-refractivity contribution in [2.75, 3.05) is 32.9 Å². The minimum Gasteiger partial charge on any atom is -0.377 e. The van der Waals surface area contributed by atoms with Crippen LogP contribution in [0.25, 0.3) is 0 Å². The van der Waals surface area contributed by atoms with E-state index < -0.39 is 0 Å². The van der Waals surface area contributed by atoms with E-state index in [9.17, 15) is 4.79 Å². The summed E-state index contributed by atoms with van der Waals surface area (Å²) < 4.78 is 13.1. The summed E-state index contributed by atoms with van der Waals surface area (Å²) in [5, 5.41) is 11.3. The van der Waals surface area contributed by atoms with Crippen LogP contribution in [0.15, 0.2) is 12.3 Å². The van der Waals surface area contributed by atoms with Crippen LogP contribution in [-0.2, 0) is 45.8 Å². The Morgan fingerprint density at radius 2 is 2.20 bits per heavy atom. The minimum absolute atomic E-state index is 0.0490. The van der Waals surface area contributed by atoms with Gasteiger partial charge in [-0.2, -0.15) is 0 Å². The summed E-state index contributed by atoms with van der Waals surface area (Å²) >= 11 is 1.97. The molecule has 162 valence electrons. The number of nitrogens with one attached hydrogen (secondary N) is 1. The highest BCUT2D eigenvalue weighted by Crippen LogP contribution is 2.44. The van der Waals surface area contributed by atoms with Crippen LogP contribution in [0.2, 0.25) is 0 Å². The molecular formula is C21H29N5O3S. The first-order valence-corrected chi connectivity index (χ1v) is 11.7. The lowest BCUT2D eigenvalue weighted by molar-refractivity contribution is -0.126. The maximum atomic E-state index is 12.0. The molecule has 0 radical (unpaired) electrons. The van der Waals surface area contributed by atoms with Crippen LogP contribution in [0.4, 0.5) is 0 Å². The zero-order chi connectivity index (χ0) is 20.6. The highest BCUT2D eigenvalue weighted by Gasteiger charge is 2.41. The van der Waals surface area contributed by atoms with Gasteiger partial charge in [-0.1, -0.05) is 12.1 Å². The van der Waals surface area contributed by atoms with Gasteiger partial charge in [0.2, 0.25) is 5.91 Å². The fraction of sp³-hybridized carbons (Fsp3) is 0.667. The van der Waals surface area contributed by atoms with Crippen molar-refractivity contribution in [1.82, 2.24) is 25.2 Å². The van der Waals surface area contributed by atoms with Gasteiger partial charge in [0.1, 0.15) is 6.54 Å². The highest BCUT2D eigenvalue weighted by molar-refractivity contribution is 7.12. The van der Waals surface area contributed by atoms with E-state index in [1.807, 2.05) is 17.5 Å². The van der Waals surface area contributed by atoms with Gasteiger partial charge in [0.25, 0.3) is 0 Å². The largest absolute Gasteiger partial charge is 0.377 e. The molecule has 0 aromatic carbocycles. The number of hydrogen-bond acceptors (Lipinski definition) is 7. The van der Waals surface area contributed by atoms with Crippen molar-refractivity contribution >= 4 is 17.2 Å². The van der Waals surface area contributed by atoms with E-state index in [1.165, 1.54) is 15.3 Å². The molecule has 2 aromatic heterocycles. The highest BCUT2D eigenvalue weighted by atomic mass is 32.1. The summed E-state index contributed by atoms with van der Waals surface area (Å²) in [5.41, 5.74) is 2.25. The van der Waals surface area contributed by atoms with Crippen molar-refractivity contribution in [3.63, 3.8) is 0 Å². The third-order valence-electron chi connectivity index (χ3n) is 6.35. The number of likely N-dealkylation sites (tertiary alicyclic amines) is 1. The molecule has 1 spiro atoms. The number of amides is 1. The third-order valence-corrected chi connectivity index (χ3v) is 7.69. The molecule has 5 rings (SSSR count). The molecule has 2 saturated heterocycles. The molecule has 0 bridgehead atoms. The second-order valence-electron chi connectivity index (χ2n) is 8.48. The molecule has 9 heteroatoms. The Kier molecular flexibility index (Phi) is 5.61. The summed E-state index contributed by atoms with van der Waals surface area (Å²) in [6.07, 6.45) is 6.06. The van der Waals surface area contributed by atoms with Gasteiger partial charge in [0.05, 0.1) is 43.4 Å². The average Bonchev–Trinajstić information content (AvgIpc) is 3.34. The van der Waals surface area contributed by atoms with Crippen molar-refractivity contribution in [3.8, 4) is 0 Å². The van der Waals surface area contributed by atoms with E-state index in [2.05, 4.69) is 33.5 Å². The Balaban J connectivity index is 1.16. The van der Waals surface area contributed by atoms with Gasteiger partial charge < -0.3 is 14.8 Å². The number of hydrogen-bond donors (Lipinski definition) is 1. The summed E-state index contributed by atoms with van der Waals surface area (Å²) in [6, 6.07) is 2.53. The Morgan fingerprint density at radius 3 is 2.93 bits per heavy atom. The first kappa shape index (κ1) is 20.1. The summed E-state index contributed by atoms with van der Waals surface area (Å²) in [4.78, 5) is 17.4. The van der Waals surface area contributed by atoms with Crippen molar-refractivity contribution in [3.05, 3.63) is 33.3 Å². The lowest BCUT2D eigenvalue weighted by atomic mass is 9.82. The number of ether oxygens (including phenoxy) is 2. The number of nitrogens with zero attached hydrogens (tertiary/aromatic N) is 4. The van der Waals surface area contributed by atoms with E-state index in [0.717, 1.165) is 57.6 Å². The molecule has 0 saturated carbocycles. The standard InChI is InChI=1S/C21H29N5O3S/c1-2-17-9-18-19(30-17)3-8-29-21(18)4-6-25(7-5-21)10-15-11-26(24-23-15)12-20(27)22-16-13-28-14-16/h9,11,16H,2-8,10,12-14H2,1H3,(H,22,27). The first-order chi connectivity index (χ1) is 14.6. The zero-order valence-electron chi connectivity index (χ0n) is 17.4. The first-order valence-electron chi connectivity index (χ1n) is 10.9. The summed E-state index contributed by atoms with van der Waals surface area (Å²) in [7, 11) is 0. The van der Waals surface area contributed by atoms with E-state index in [4.69, 9.17) is 9.47 Å². The average molecular weight is 432 g/mol. The number of aromatic nitrogens is 3. The second-order valence-corrected chi connectivity index (χ2v) is 9.70. The number of fused-ring (bicyclic) bond motifs is 2. The summed E-state index contributed by atoms with van der Waals surface area (Å²) in [6.45, 7) is 7.16. The van der Waals surface area contributed by atoms with Gasteiger partial charge in [0.15, 0.2) is 0 Å². The van der Waals surface area contributed by atoms with Gasteiger partial charge >= 0.3 is 0 Å². The molecule has 5 heterocycles. The molecule has 0 atom stereocenters. The van der Waals surface area contributed by atoms with Gasteiger partial charge in [-0.25, -0.2) is 4.68 Å². The lowest BCUT2D eigenvalue weighted by Crippen LogP contribution is -2.49. The number of carbonyl (C=O) groups excluding carboxylic acids is 1. The number of thiophene rings is 1. The van der Waals surface area contributed by atoms with Crippen molar-refractivity contribution < 1.29 is 14.3 Å². The Bertz CT molecular complexity index is 898.